The molecule has 0 bridgehead atoms. The third-order valence-electron chi connectivity index (χ3n) is 3.49. The largest absolute Gasteiger partial charge is 0.490 e. The lowest BCUT2D eigenvalue weighted by atomic mass is 9.87. The summed E-state index contributed by atoms with van der Waals surface area (Å²) in [6.45, 7) is 7.60. The van der Waals surface area contributed by atoms with Gasteiger partial charge in [0.05, 0.1) is 19.3 Å². The van der Waals surface area contributed by atoms with E-state index in [0.29, 0.717) is 19.8 Å². The molecule has 0 aliphatic carbocycles. The molecule has 2 rings (SSSR count). The van der Waals surface area contributed by atoms with Crippen LogP contribution in [0.15, 0.2) is 18.2 Å². The minimum absolute atomic E-state index is 0.144. The first-order chi connectivity index (χ1) is 9.88. The molecule has 1 amide bonds. The Morgan fingerprint density at radius 3 is 2.62 bits per heavy atom. The Hall–Kier alpha value is -1.75. The van der Waals surface area contributed by atoms with Gasteiger partial charge >= 0.3 is 0 Å². The lowest BCUT2D eigenvalue weighted by Gasteiger charge is -2.25. The molecule has 0 aromatic heterocycles. The Labute approximate surface area is 125 Å². The standard InChI is InChI=1S/C16H24N2O3/c1-16(2,3)14(17)15(19)18-10-11-5-6-12-13(9-11)21-8-4-7-20-12/h5-6,9,14H,4,7-8,10,17H2,1-3H3,(H,18,19)/t14-/m1/s1. The Balaban J connectivity index is 1.98. The van der Waals surface area contributed by atoms with Crippen molar-refractivity contribution >= 4 is 5.91 Å². The summed E-state index contributed by atoms with van der Waals surface area (Å²) in [5.41, 5.74) is 6.64. The number of carbonyl (C=O) groups is 1. The maximum atomic E-state index is 12.0. The zero-order valence-electron chi connectivity index (χ0n) is 12.9. The van der Waals surface area contributed by atoms with E-state index in [0.717, 1.165) is 23.5 Å². The molecule has 3 N–H and O–H groups in total. The summed E-state index contributed by atoms with van der Waals surface area (Å²) in [7, 11) is 0. The average Bonchev–Trinajstić information content (AvgIpc) is 2.67. The van der Waals surface area contributed by atoms with E-state index in [2.05, 4.69) is 5.32 Å². The average molecular weight is 292 g/mol. The molecule has 0 fully saturated rings. The van der Waals surface area contributed by atoms with Crippen LogP contribution in [0.4, 0.5) is 0 Å². The number of hydrogen-bond acceptors (Lipinski definition) is 4. The molecular formula is C16H24N2O3. The van der Waals surface area contributed by atoms with E-state index in [1.54, 1.807) is 0 Å². The number of rotatable bonds is 3. The van der Waals surface area contributed by atoms with Crippen LogP contribution in [0.25, 0.3) is 0 Å². The molecule has 1 aromatic rings. The number of nitrogens with two attached hydrogens (primary N) is 1. The molecule has 1 aliphatic rings. The molecule has 0 saturated carbocycles. The highest BCUT2D eigenvalue weighted by molar-refractivity contribution is 5.82. The summed E-state index contributed by atoms with van der Waals surface area (Å²) in [4.78, 5) is 12.0. The number of amides is 1. The Morgan fingerprint density at radius 1 is 1.29 bits per heavy atom. The summed E-state index contributed by atoms with van der Waals surface area (Å²) >= 11 is 0. The summed E-state index contributed by atoms with van der Waals surface area (Å²) in [5, 5.41) is 2.87. The minimum Gasteiger partial charge on any atom is -0.490 e. The number of carbonyl (C=O) groups excluding carboxylic acids is 1. The van der Waals surface area contributed by atoms with Crippen molar-refractivity contribution in [2.24, 2.45) is 11.1 Å². The van der Waals surface area contributed by atoms with Crippen LogP contribution in [0, 0.1) is 5.41 Å². The van der Waals surface area contributed by atoms with E-state index in [4.69, 9.17) is 15.2 Å². The van der Waals surface area contributed by atoms with Gasteiger partial charge in [-0.3, -0.25) is 4.79 Å². The van der Waals surface area contributed by atoms with Gasteiger partial charge in [0.1, 0.15) is 0 Å². The maximum Gasteiger partial charge on any atom is 0.237 e. The molecule has 1 heterocycles. The van der Waals surface area contributed by atoms with Crippen molar-refractivity contribution in [1.82, 2.24) is 5.32 Å². The van der Waals surface area contributed by atoms with E-state index in [1.165, 1.54) is 0 Å². The van der Waals surface area contributed by atoms with Crippen molar-refractivity contribution in [2.45, 2.75) is 39.8 Å². The summed E-state index contributed by atoms with van der Waals surface area (Å²) in [5.74, 6) is 1.35. The molecule has 1 atom stereocenters. The Morgan fingerprint density at radius 2 is 1.95 bits per heavy atom. The van der Waals surface area contributed by atoms with Crippen molar-refractivity contribution in [2.75, 3.05) is 13.2 Å². The number of nitrogens with one attached hydrogen (secondary N) is 1. The SMILES string of the molecule is CC(C)(C)[C@H](N)C(=O)NCc1ccc2c(c1)OCCCO2. The third-order valence-corrected chi connectivity index (χ3v) is 3.49. The van der Waals surface area contributed by atoms with Gasteiger partial charge in [0, 0.05) is 13.0 Å². The molecule has 0 saturated heterocycles. The van der Waals surface area contributed by atoms with E-state index in [9.17, 15) is 4.79 Å². The van der Waals surface area contributed by atoms with Crippen LogP contribution < -0.4 is 20.5 Å². The second-order valence-corrected chi connectivity index (χ2v) is 6.39. The van der Waals surface area contributed by atoms with Gasteiger partial charge in [-0.25, -0.2) is 0 Å². The van der Waals surface area contributed by atoms with Gasteiger partial charge in [-0.2, -0.15) is 0 Å². The highest BCUT2D eigenvalue weighted by atomic mass is 16.5. The highest BCUT2D eigenvalue weighted by Crippen LogP contribution is 2.30. The predicted octanol–water partition coefficient (Wildman–Crippen LogP) is 1.84. The first kappa shape index (κ1) is 15.6. The molecule has 1 aliphatic heterocycles. The minimum atomic E-state index is -0.530. The molecular weight excluding hydrogens is 268 g/mol. The first-order valence-corrected chi connectivity index (χ1v) is 7.30. The maximum absolute atomic E-state index is 12.0. The fraction of sp³-hybridized carbons (Fsp3) is 0.562. The van der Waals surface area contributed by atoms with Gasteiger partial charge in [-0.05, 0) is 23.1 Å². The predicted molar refractivity (Wildman–Crippen MR) is 81.3 cm³/mol. The Kier molecular flexibility index (Phi) is 4.73. The second kappa shape index (κ2) is 6.35. The van der Waals surface area contributed by atoms with Gasteiger partial charge < -0.3 is 20.5 Å². The molecule has 5 nitrogen and oxygen atoms in total. The van der Waals surface area contributed by atoms with E-state index >= 15 is 0 Å². The van der Waals surface area contributed by atoms with E-state index < -0.39 is 6.04 Å². The quantitative estimate of drug-likeness (QED) is 0.891. The van der Waals surface area contributed by atoms with Crippen LogP contribution in [0.1, 0.15) is 32.8 Å². The van der Waals surface area contributed by atoms with Crippen LogP contribution in [0.5, 0.6) is 11.5 Å². The lowest BCUT2D eigenvalue weighted by Crippen LogP contribution is -2.48. The Bertz CT molecular complexity index is 509. The molecule has 116 valence electrons. The van der Waals surface area contributed by atoms with Crippen molar-refractivity contribution in [1.29, 1.82) is 0 Å². The van der Waals surface area contributed by atoms with Crippen molar-refractivity contribution in [3.05, 3.63) is 23.8 Å². The third kappa shape index (κ3) is 4.11. The summed E-state index contributed by atoms with van der Waals surface area (Å²) in [6, 6.07) is 5.18. The van der Waals surface area contributed by atoms with Gasteiger partial charge in [-0.1, -0.05) is 26.8 Å². The zero-order valence-corrected chi connectivity index (χ0v) is 12.9. The van der Waals surface area contributed by atoms with Crippen molar-refractivity contribution < 1.29 is 14.3 Å². The number of benzene rings is 1. The van der Waals surface area contributed by atoms with Gasteiger partial charge in [0.15, 0.2) is 11.5 Å². The molecule has 5 heteroatoms. The summed E-state index contributed by atoms with van der Waals surface area (Å²) < 4.78 is 11.2. The van der Waals surface area contributed by atoms with Crippen LogP contribution in [0.3, 0.4) is 0 Å². The van der Waals surface area contributed by atoms with Gasteiger partial charge in [0.25, 0.3) is 0 Å². The van der Waals surface area contributed by atoms with Crippen LogP contribution >= 0.6 is 0 Å². The molecule has 0 spiro atoms. The fourth-order valence-corrected chi connectivity index (χ4v) is 2.01. The number of fused-ring (bicyclic) bond motifs is 1. The second-order valence-electron chi connectivity index (χ2n) is 6.39. The molecule has 1 aromatic carbocycles. The van der Waals surface area contributed by atoms with Gasteiger partial charge in [0.2, 0.25) is 5.91 Å². The monoisotopic (exact) mass is 292 g/mol. The fourth-order valence-electron chi connectivity index (χ4n) is 2.01. The van der Waals surface area contributed by atoms with Crippen LogP contribution in [-0.4, -0.2) is 25.2 Å². The van der Waals surface area contributed by atoms with Crippen LogP contribution in [-0.2, 0) is 11.3 Å². The van der Waals surface area contributed by atoms with Crippen molar-refractivity contribution in [3.63, 3.8) is 0 Å². The molecule has 0 radical (unpaired) electrons. The van der Waals surface area contributed by atoms with Crippen molar-refractivity contribution in [3.8, 4) is 11.5 Å². The zero-order chi connectivity index (χ0) is 15.5. The molecule has 0 unspecified atom stereocenters. The molecule has 21 heavy (non-hydrogen) atoms. The first-order valence-electron chi connectivity index (χ1n) is 7.30. The van der Waals surface area contributed by atoms with Crippen LogP contribution in [0.2, 0.25) is 0 Å². The van der Waals surface area contributed by atoms with E-state index in [1.807, 2.05) is 39.0 Å². The number of hydrogen-bond donors (Lipinski definition) is 2. The topological polar surface area (TPSA) is 73.6 Å². The van der Waals surface area contributed by atoms with E-state index in [-0.39, 0.29) is 11.3 Å². The highest BCUT2D eigenvalue weighted by Gasteiger charge is 2.27. The number of ether oxygens (including phenoxy) is 2. The normalized spacial score (nSPS) is 16.0. The van der Waals surface area contributed by atoms with Gasteiger partial charge in [-0.15, -0.1) is 0 Å². The smallest absolute Gasteiger partial charge is 0.237 e. The lowest BCUT2D eigenvalue weighted by molar-refractivity contribution is -0.124. The summed E-state index contributed by atoms with van der Waals surface area (Å²) in [6.07, 6.45) is 0.876.